The molecule has 0 unspecified atom stereocenters. The van der Waals surface area contributed by atoms with Crippen molar-refractivity contribution in [2.75, 3.05) is 4.90 Å². The molecule has 0 aliphatic rings. The van der Waals surface area contributed by atoms with Crippen LogP contribution < -0.4 is 4.90 Å². The van der Waals surface area contributed by atoms with E-state index < -0.39 is 0 Å². The van der Waals surface area contributed by atoms with E-state index in [0.717, 1.165) is 39.3 Å². The zero-order chi connectivity index (χ0) is 32.3. The molecule has 10 aromatic rings. The van der Waals surface area contributed by atoms with Crippen molar-refractivity contribution in [3.05, 3.63) is 182 Å². The van der Waals surface area contributed by atoms with Gasteiger partial charge in [-0.2, -0.15) is 0 Å². The standard InChI is InChI=1S/C46H30N2O/c1-3-12-34(13-4-1)47(41-19-11-20-42-46(41)38-16-7-9-18-40(38)48(42)35-14-5-2-6-15-35)36-26-22-31(23-27-36)32-24-28-37-33(30-32)25-29-44-45(37)39-17-8-10-21-43(39)49-44/h1-30H. The van der Waals surface area contributed by atoms with Crippen molar-refractivity contribution in [1.29, 1.82) is 0 Å². The maximum Gasteiger partial charge on any atom is 0.136 e. The van der Waals surface area contributed by atoms with Gasteiger partial charge in [0.1, 0.15) is 11.2 Å². The number of rotatable bonds is 5. The molecule has 230 valence electrons. The lowest BCUT2D eigenvalue weighted by molar-refractivity contribution is 0.669. The summed E-state index contributed by atoms with van der Waals surface area (Å²) in [5, 5.41) is 7.20. The minimum Gasteiger partial charge on any atom is -0.456 e. The third-order valence-electron chi connectivity index (χ3n) is 9.76. The summed E-state index contributed by atoms with van der Waals surface area (Å²) in [6.45, 7) is 0. The Labute approximate surface area is 283 Å². The number of furan rings is 1. The third kappa shape index (κ3) is 4.37. The smallest absolute Gasteiger partial charge is 0.136 e. The molecule has 0 amide bonds. The highest BCUT2D eigenvalue weighted by molar-refractivity contribution is 6.19. The number of aromatic nitrogens is 1. The Hall–Kier alpha value is -6.58. The quantitative estimate of drug-likeness (QED) is 0.190. The number of hydrogen-bond acceptors (Lipinski definition) is 2. The van der Waals surface area contributed by atoms with Gasteiger partial charge >= 0.3 is 0 Å². The first-order valence-electron chi connectivity index (χ1n) is 16.7. The molecule has 3 heteroatoms. The molecule has 0 spiro atoms. The average molecular weight is 627 g/mol. The summed E-state index contributed by atoms with van der Waals surface area (Å²) in [5.74, 6) is 0. The van der Waals surface area contributed by atoms with Gasteiger partial charge in [0.05, 0.1) is 16.7 Å². The Morgan fingerprint density at radius 2 is 1.08 bits per heavy atom. The van der Waals surface area contributed by atoms with E-state index in [9.17, 15) is 0 Å². The fraction of sp³-hybridized carbons (Fsp3) is 0. The van der Waals surface area contributed by atoms with Crippen molar-refractivity contribution in [2.45, 2.75) is 0 Å². The van der Waals surface area contributed by atoms with Gasteiger partial charge < -0.3 is 13.9 Å². The van der Waals surface area contributed by atoms with Gasteiger partial charge in [-0.15, -0.1) is 0 Å². The van der Waals surface area contributed by atoms with E-state index in [1.165, 1.54) is 49.1 Å². The average Bonchev–Trinajstić information content (AvgIpc) is 3.72. The van der Waals surface area contributed by atoms with Crippen LogP contribution in [0.3, 0.4) is 0 Å². The van der Waals surface area contributed by atoms with Gasteiger partial charge in [0, 0.05) is 38.6 Å². The molecule has 0 saturated heterocycles. The predicted molar refractivity (Wildman–Crippen MR) is 206 cm³/mol. The number of hydrogen-bond donors (Lipinski definition) is 0. The molecule has 0 saturated carbocycles. The number of fused-ring (bicyclic) bond motifs is 8. The second kappa shape index (κ2) is 11.0. The van der Waals surface area contributed by atoms with Crippen LogP contribution in [-0.2, 0) is 0 Å². The molecule has 0 bridgehead atoms. The van der Waals surface area contributed by atoms with Gasteiger partial charge in [-0.05, 0) is 94.7 Å². The Morgan fingerprint density at radius 1 is 0.408 bits per heavy atom. The predicted octanol–water partition coefficient (Wildman–Crippen LogP) is 13.0. The van der Waals surface area contributed by atoms with E-state index in [2.05, 4.69) is 179 Å². The topological polar surface area (TPSA) is 21.3 Å². The van der Waals surface area contributed by atoms with Crippen molar-refractivity contribution in [3.63, 3.8) is 0 Å². The summed E-state index contributed by atoms with van der Waals surface area (Å²) < 4.78 is 8.53. The molecule has 0 radical (unpaired) electrons. The van der Waals surface area contributed by atoms with E-state index >= 15 is 0 Å². The fourth-order valence-corrected chi connectivity index (χ4v) is 7.58. The summed E-state index contributed by atoms with van der Waals surface area (Å²) in [6.07, 6.45) is 0. The third-order valence-corrected chi connectivity index (χ3v) is 9.76. The summed E-state index contributed by atoms with van der Waals surface area (Å²) in [5.41, 5.74) is 11.1. The van der Waals surface area contributed by atoms with E-state index in [4.69, 9.17) is 4.42 Å². The molecule has 10 rings (SSSR count). The SMILES string of the molecule is c1ccc(N(c2ccc(-c3ccc4c(ccc5oc6ccccc6c54)c3)cc2)c2cccc3c2c2ccccc2n3-c2ccccc2)cc1. The lowest BCUT2D eigenvalue weighted by atomic mass is 9.98. The highest BCUT2D eigenvalue weighted by atomic mass is 16.3. The summed E-state index contributed by atoms with van der Waals surface area (Å²) >= 11 is 0. The first kappa shape index (κ1) is 27.5. The van der Waals surface area contributed by atoms with E-state index in [0.29, 0.717) is 0 Å². The number of anilines is 3. The summed E-state index contributed by atoms with van der Waals surface area (Å²) in [4.78, 5) is 2.38. The minimum atomic E-state index is 0.924. The molecule has 2 aromatic heterocycles. The largest absolute Gasteiger partial charge is 0.456 e. The Bertz CT molecular complexity index is 2810. The van der Waals surface area contributed by atoms with Crippen LogP contribution in [0.15, 0.2) is 186 Å². The zero-order valence-electron chi connectivity index (χ0n) is 26.6. The van der Waals surface area contributed by atoms with Crippen LogP contribution in [-0.4, -0.2) is 4.57 Å². The van der Waals surface area contributed by atoms with Crippen LogP contribution in [0.5, 0.6) is 0 Å². The first-order valence-corrected chi connectivity index (χ1v) is 16.7. The van der Waals surface area contributed by atoms with Crippen molar-refractivity contribution in [2.24, 2.45) is 0 Å². The van der Waals surface area contributed by atoms with Gasteiger partial charge in [-0.3, -0.25) is 0 Å². The van der Waals surface area contributed by atoms with Gasteiger partial charge in [0.2, 0.25) is 0 Å². The van der Waals surface area contributed by atoms with Crippen LogP contribution in [0.4, 0.5) is 17.1 Å². The van der Waals surface area contributed by atoms with Crippen LogP contribution in [0, 0.1) is 0 Å². The van der Waals surface area contributed by atoms with Crippen molar-refractivity contribution < 1.29 is 4.42 Å². The highest BCUT2D eigenvalue weighted by Gasteiger charge is 2.21. The zero-order valence-corrected chi connectivity index (χ0v) is 26.6. The second-order valence-corrected chi connectivity index (χ2v) is 12.6. The van der Waals surface area contributed by atoms with E-state index in [1.807, 2.05) is 12.1 Å². The molecular formula is C46H30N2O. The number of para-hydroxylation sites is 4. The lowest BCUT2D eigenvalue weighted by Gasteiger charge is -2.26. The summed E-state index contributed by atoms with van der Waals surface area (Å²) in [7, 11) is 0. The van der Waals surface area contributed by atoms with Crippen LogP contribution >= 0.6 is 0 Å². The van der Waals surface area contributed by atoms with Gasteiger partial charge in [-0.25, -0.2) is 0 Å². The number of nitrogens with zero attached hydrogens (tertiary/aromatic N) is 2. The molecule has 2 heterocycles. The van der Waals surface area contributed by atoms with Gasteiger partial charge in [-0.1, -0.05) is 109 Å². The van der Waals surface area contributed by atoms with Crippen molar-refractivity contribution >= 4 is 71.6 Å². The second-order valence-electron chi connectivity index (χ2n) is 12.6. The Kier molecular flexibility index (Phi) is 6.18. The van der Waals surface area contributed by atoms with E-state index in [1.54, 1.807) is 0 Å². The molecule has 0 aliphatic heterocycles. The molecule has 0 N–H and O–H groups in total. The number of benzene rings is 8. The first-order chi connectivity index (χ1) is 24.3. The molecule has 0 atom stereocenters. The van der Waals surface area contributed by atoms with Crippen LogP contribution in [0.25, 0.3) is 71.3 Å². The molecule has 3 nitrogen and oxygen atoms in total. The van der Waals surface area contributed by atoms with Crippen molar-refractivity contribution in [1.82, 2.24) is 4.57 Å². The van der Waals surface area contributed by atoms with Crippen LogP contribution in [0.1, 0.15) is 0 Å². The highest BCUT2D eigenvalue weighted by Crippen LogP contribution is 2.44. The minimum absolute atomic E-state index is 0.924. The van der Waals surface area contributed by atoms with E-state index in [-0.39, 0.29) is 0 Å². The van der Waals surface area contributed by atoms with Crippen molar-refractivity contribution in [3.8, 4) is 16.8 Å². The molecule has 8 aromatic carbocycles. The lowest BCUT2D eigenvalue weighted by Crippen LogP contribution is -2.10. The molecular weight excluding hydrogens is 597 g/mol. The molecule has 0 fully saturated rings. The maximum absolute atomic E-state index is 6.15. The van der Waals surface area contributed by atoms with Gasteiger partial charge in [0.15, 0.2) is 0 Å². The Morgan fingerprint density at radius 3 is 1.92 bits per heavy atom. The summed E-state index contributed by atoms with van der Waals surface area (Å²) in [6, 6.07) is 65.0. The molecule has 0 aliphatic carbocycles. The normalized spacial score (nSPS) is 11.7. The van der Waals surface area contributed by atoms with Gasteiger partial charge in [0.25, 0.3) is 0 Å². The monoisotopic (exact) mass is 626 g/mol. The maximum atomic E-state index is 6.15. The van der Waals surface area contributed by atoms with Crippen LogP contribution in [0.2, 0.25) is 0 Å². The Balaban J connectivity index is 1.12. The molecule has 49 heavy (non-hydrogen) atoms. The fourth-order valence-electron chi connectivity index (χ4n) is 7.58.